The van der Waals surface area contributed by atoms with Crippen LogP contribution in [0.25, 0.3) is 16.8 Å². The summed E-state index contributed by atoms with van der Waals surface area (Å²) >= 11 is 0. The van der Waals surface area contributed by atoms with Gasteiger partial charge in [-0.1, -0.05) is 42.5 Å². The van der Waals surface area contributed by atoms with Crippen LogP contribution in [-0.4, -0.2) is 26.8 Å². The van der Waals surface area contributed by atoms with Gasteiger partial charge in [0.1, 0.15) is 29.9 Å². The highest BCUT2D eigenvalue weighted by Crippen LogP contribution is 2.42. The van der Waals surface area contributed by atoms with Crippen molar-refractivity contribution in [2.24, 2.45) is 0 Å². The van der Waals surface area contributed by atoms with E-state index in [1.807, 2.05) is 55.5 Å². The fourth-order valence-corrected chi connectivity index (χ4v) is 4.67. The van der Waals surface area contributed by atoms with Crippen LogP contribution >= 0.6 is 0 Å². The number of aromatic amines is 1. The first-order valence-corrected chi connectivity index (χ1v) is 12.1. The number of imidazole rings is 1. The number of benzene rings is 3. The van der Waals surface area contributed by atoms with Crippen LogP contribution in [0.5, 0.6) is 5.75 Å². The van der Waals surface area contributed by atoms with Crippen molar-refractivity contribution < 1.29 is 23.8 Å². The van der Waals surface area contributed by atoms with Crippen molar-refractivity contribution in [3.8, 4) is 5.75 Å². The summed E-state index contributed by atoms with van der Waals surface area (Å²) < 4.78 is 11.6. The van der Waals surface area contributed by atoms with Crippen molar-refractivity contribution in [3.63, 3.8) is 0 Å². The molecule has 2 N–H and O–H groups in total. The van der Waals surface area contributed by atoms with E-state index in [4.69, 9.17) is 9.15 Å². The van der Waals surface area contributed by atoms with Crippen molar-refractivity contribution in [2.75, 3.05) is 4.90 Å². The highest BCUT2D eigenvalue weighted by Gasteiger charge is 2.49. The SMILES string of the molecule is Cc1cc(/C(O)=C2\C(=O)C(=O)N(c3nc4ccccc4[nH]3)C2c2ccco2)ccc1OCc1ccccc1. The molecule has 3 aromatic carbocycles. The lowest BCUT2D eigenvalue weighted by Crippen LogP contribution is -2.30. The maximum Gasteiger partial charge on any atom is 0.302 e. The predicted molar refractivity (Wildman–Crippen MR) is 142 cm³/mol. The van der Waals surface area contributed by atoms with Crippen LogP contribution in [0.3, 0.4) is 0 Å². The molecule has 1 unspecified atom stereocenters. The molecule has 0 bridgehead atoms. The smallest absolute Gasteiger partial charge is 0.302 e. The Labute approximate surface area is 217 Å². The number of nitrogens with one attached hydrogen (secondary N) is 1. The number of aryl methyl sites for hydroxylation is 1. The molecule has 1 atom stereocenters. The Hall–Kier alpha value is -5.11. The zero-order valence-corrected chi connectivity index (χ0v) is 20.4. The second kappa shape index (κ2) is 9.40. The van der Waals surface area contributed by atoms with Crippen LogP contribution in [0, 0.1) is 6.92 Å². The minimum absolute atomic E-state index is 0.0808. The number of aliphatic hydroxyl groups is 1. The molecule has 1 aliphatic rings. The normalized spacial score (nSPS) is 16.9. The molecule has 8 heteroatoms. The van der Waals surface area contributed by atoms with E-state index in [9.17, 15) is 14.7 Å². The van der Waals surface area contributed by atoms with E-state index in [-0.39, 0.29) is 17.3 Å². The molecule has 188 valence electrons. The maximum absolute atomic E-state index is 13.3. The van der Waals surface area contributed by atoms with Gasteiger partial charge in [0.25, 0.3) is 5.78 Å². The number of ether oxygens (including phenoxy) is 1. The molecule has 1 amide bonds. The van der Waals surface area contributed by atoms with Gasteiger partial charge in [-0.2, -0.15) is 0 Å². The van der Waals surface area contributed by atoms with E-state index < -0.39 is 17.7 Å². The van der Waals surface area contributed by atoms with E-state index in [0.29, 0.717) is 34.7 Å². The maximum atomic E-state index is 13.3. The average Bonchev–Trinajstić information content (AvgIpc) is 3.67. The number of carbonyl (C=O) groups is 2. The standard InChI is InChI=1S/C30H23N3O5/c1-18-16-20(13-14-23(18)38-17-19-8-3-2-4-9-19)27(34)25-26(24-12-7-15-37-24)33(29(36)28(25)35)30-31-21-10-5-6-11-22(21)32-30/h2-16,26,34H,17H2,1H3,(H,31,32)/b27-25+. The van der Waals surface area contributed by atoms with Crippen LogP contribution in [0.2, 0.25) is 0 Å². The predicted octanol–water partition coefficient (Wildman–Crippen LogP) is 5.67. The van der Waals surface area contributed by atoms with Crippen molar-refractivity contribution in [3.05, 3.63) is 119 Å². The highest BCUT2D eigenvalue weighted by atomic mass is 16.5. The molecule has 38 heavy (non-hydrogen) atoms. The van der Waals surface area contributed by atoms with Crippen LogP contribution < -0.4 is 9.64 Å². The number of rotatable bonds is 6. The lowest BCUT2D eigenvalue weighted by molar-refractivity contribution is -0.132. The second-order valence-electron chi connectivity index (χ2n) is 9.02. The Morgan fingerprint density at radius 3 is 2.55 bits per heavy atom. The number of aromatic nitrogens is 2. The topological polar surface area (TPSA) is 109 Å². The molecule has 0 spiro atoms. The molecule has 1 saturated heterocycles. The molecule has 1 fully saturated rings. The quantitative estimate of drug-likeness (QED) is 0.175. The van der Waals surface area contributed by atoms with Gasteiger partial charge in [0, 0.05) is 5.56 Å². The summed E-state index contributed by atoms with van der Waals surface area (Å²) in [5.74, 6) is -0.782. The second-order valence-corrected chi connectivity index (χ2v) is 9.02. The number of nitrogens with zero attached hydrogens (tertiary/aromatic N) is 2. The molecule has 1 aliphatic heterocycles. The van der Waals surface area contributed by atoms with E-state index in [0.717, 1.165) is 11.1 Å². The fraction of sp³-hybridized carbons (Fsp3) is 0.100. The average molecular weight is 506 g/mol. The largest absolute Gasteiger partial charge is 0.507 e. The van der Waals surface area contributed by atoms with E-state index in [2.05, 4.69) is 9.97 Å². The van der Waals surface area contributed by atoms with Gasteiger partial charge < -0.3 is 19.2 Å². The molecule has 0 aliphatic carbocycles. The summed E-state index contributed by atoms with van der Waals surface area (Å²) in [7, 11) is 0. The minimum atomic E-state index is -1.00. The lowest BCUT2D eigenvalue weighted by atomic mass is 9.98. The summed E-state index contributed by atoms with van der Waals surface area (Å²) in [5.41, 5.74) is 3.46. The van der Waals surface area contributed by atoms with Crippen molar-refractivity contribution in [2.45, 2.75) is 19.6 Å². The summed E-state index contributed by atoms with van der Waals surface area (Å²) in [6.07, 6.45) is 1.46. The highest BCUT2D eigenvalue weighted by molar-refractivity contribution is 6.51. The number of hydrogen-bond donors (Lipinski definition) is 2. The summed E-state index contributed by atoms with van der Waals surface area (Å²) in [4.78, 5) is 35.5. The van der Waals surface area contributed by atoms with Gasteiger partial charge in [0.2, 0.25) is 5.95 Å². The molecule has 3 heterocycles. The molecular weight excluding hydrogens is 482 g/mol. The lowest BCUT2D eigenvalue weighted by Gasteiger charge is -2.20. The van der Waals surface area contributed by atoms with Crippen molar-refractivity contribution in [1.82, 2.24) is 9.97 Å². The monoisotopic (exact) mass is 505 g/mol. The van der Waals surface area contributed by atoms with E-state index in [1.54, 1.807) is 36.4 Å². The van der Waals surface area contributed by atoms with Gasteiger partial charge in [-0.15, -0.1) is 0 Å². The van der Waals surface area contributed by atoms with Crippen LogP contribution in [0.15, 0.2) is 101 Å². The zero-order valence-electron chi connectivity index (χ0n) is 20.4. The minimum Gasteiger partial charge on any atom is -0.507 e. The molecule has 8 nitrogen and oxygen atoms in total. The van der Waals surface area contributed by atoms with Crippen LogP contribution in [-0.2, 0) is 16.2 Å². The number of hydrogen-bond acceptors (Lipinski definition) is 6. The van der Waals surface area contributed by atoms with Gasteiger partial charge in [0.05, 0.1) is 22.9 Å². The Bertz CT molecular complexity index is 1650. The Morgan fingerprint density at radius 2 is 1.82 bits per heavy atom. The number of fused-ring (bicyclic) bond motifs is 1. The molecule has 2 aromatic heterocycles. The fourth-order valence-electron chi connectivity index (χ4n) is 4.67. The number of carbonyl (C=O) groups excluding carboxylic acids is 2. The zero-order chi connectivity index (χ0) is 26.2. The van der Waals surface area contributed by atoms with Gasteiger partial charge >= 0.3 is 5.91 Å². The van der Waals surface area contributed by atoms with E-state index in [1.165, 1.54) is 11.2 Å². The first-order valence-electron chi connectivity index (χ1n) is 12.1. The van der Waals surface area contributed by atoms with Gasteiger partial charge in [-0.3, -0.25) is 14.5 Å². The third-order valence-electron chi connectivity index (χ3n) is 6.55. The Morgan fingerprint density at radius 1 is 1.03 bits per heavy atom. The molecule has 5 aromatic rings. The van der Waals surface area contributed by atoms with Crippen LogP contribution in [0.1, 0.15) is 28.5 Å². The number of aliphatic hydroxyl groups excluding tert-OH is 1. The summed E-state index contributed by atoms with van der Waals surface area (Å²) in [6, 6.07) is 24.6. The van der Waals surface area contributed by atoms with Crippen molar-refractivity contribution >= 4 is 34.4 Å². The number of furan rings is 1. The third-order valence-corrected chi connectivity index (χ3v) is 6.55. The summed E-state index contributed by atoms with van der Waals surface area (Å²) in [6.45, 7) is 2.25. The number of para-hydroxylation sites is 2. The molecule has 0 saturated carbocycles. The number of H-pyrrole nitrogens is 1. The third kappa shape index (κ3) is 4.02. The molecular formula is C30H23N3O5. The van der Waals surface area contributed by atoms with Gasteiger partial charge in [0.15, 0.2) is 0 Å². The Balaban J connectivity index is 1.39. The molecule has 0 radical (unpaired) electrons. The summed E-state index contributed by atoms with van der Waals surface area (Å²) in [5, 5.41) is 11.4. The number of anilines is 1. The first-order chi connectivity index (χ1) is 18.5. The number of ketones is 1. The van der Waals surface area contributed by atoms with E-state index >= 15 is 0 Å². The van der Waals surface area contributed by atoms with Gasteiger partial charge in [-0.05, 0) is 60.5 Å². The number of Topliss-reactive ketones (excluding diaryl/α,β-unsaturated/α-hetero) is 1. The van der Waals surface area contributed by atoms with Crippen LogP contribution in [0.4, 0.5) is 5.95 Å². The Kier molecular flexibility index (Phi) is 5.76. The van der Waals surface area contributed by atoms with Gasteiger partial charge in [-0.25, -0.2) is 4.98 Å². The first kappa shape index (κ1) is 23.3. The number of amides is 1. The molecule has 6 rings (SSSR count). The van der Waals surface area contributed by atoms with Crippen molar-refractivity contribution in [1.29, 1.82) is 0 Å².